The standard InChI is InChI=1S/C22H35N3O.2ClH/c1-19(2)6-4-12-23-13-5-7-21(18-23)25-16-14-24(15-17-25)20-8-10-22(26-3)11-9-20;;/h6,8-11,21H,4-5,7,12-18H2,1-3H3;2*1H. The number of halogens is 2. The van der Waals surface area contributed by atoms with Crippen molar-refractivity contribution in [1.82, 2.24) is 9.80 Å². The van der Waals surface area contributed by atoms with Gasteiger partial charge >= 0.3 is 0 Å². The van der Waals surface area contributed by atoms with Crippen LogP contribution in [0.25, 0.3) is 0 Å². The second-order valence-corrected chi connectivity index (χ2v) is 7.89. The summed E-state index contributed by atoms with van der Waals surface area (Å²) in [6.45, 7) is 12.7. The Labute approximate surface area is 183 Å². The molecular weight excluding hydrogens is 393 g/mol. The number of piperazine rings is 1. The van der Waals surface area contributed by atoms with Crippen LogP contribution in [0.1, 0.15) is 33.1 Å². The van der Waals surface area contributed by atoms with Crippen molar-refractivity contribution in [1.29, 1.82) is 0 Å². The molecule has 28 heavy (non-hydrogen) atoms. The second kappa shape index (κ2) is 12.6. The number of rotatable bonds is 6. The molecule has 1 aromatic carbocycles. The molecule has 160 valence electrons. The molecule has 1 unspecified atom stereocenters. The van der Waals surface area contributed by atoms with E-state index in [0.29, 0.717) is 0 Å². The highest BCUT2D eigenvalue weighted by Gasteiger charge is 2.27. The smallest absolute Gasteiger partial charge is 0.119 e. The van der Waals surface area contributed by atoms with Crippen molar-refractivity contribution < 1.29 is 4.74 Å². The van der Waals surface area contributed by atoms with Gasteiger partial charge in [-0.05, 0) is 63.9 Å². The average Bonchev–Trinajstić information content (AvgIpc) is 2.68. The lowest BCUT2D eigenvalue weighted by Crippen LogP contribution is -2.55. The number of piperidine rings is 1. The summed E-state index contributed by atoms with van der Waals surface area (Å²) in [5.74, 6) is 0.933. The lowest BCUT2D eigenvalue weighted by Gasteiger charge is -2.44. The van der Waals surface area contributed by atoms with E-state index < -0.39 is 0 Å². The predicted molar refractivity (Wildman–Crippen MR) is 125 cm³/mol. The monoisotopic (exact) mass is 429 g/mol. The van der Waals surface area contributed by atoms with E-state index in [1.807, 2.05) is 0 Å². The molecule has 0 aliphatic carbocycles. The van der Waals surface area contributed by atoms with E-state index in [0.717, 1.165) is 24.9 Å². The molecule has 2 fully saturated rings. The fourth-order valence-electron chi connectivity index (χ4n) is 4.21. The van der Waals surface area contributed by atoms with Gasteiger partial charge in [0.2, 0.25) is 0 Å². The van der Waals surface area contributed by atoms with Crippen molar-refractivity contribution in [3.63, 3.8) is 0 Å². The molecule has 0 N–H and O–H groups in total. The van der Waals surface area contributed by atoms with Gasteiger partial charge in [0.05, 0.1) is 7.11 Å². The van der Waals surface area contributed by atoms with Crippen molar-refractivity contribution in [2.75, 3.05) is 57.8 Å². The third kappa shape index (κ3) is 7.14. The molecule has 2 saturated heterocycles. The number of hydrogen-bond acceptors (Lipinski definition) is 4. The Bertz CT molecular complexity index is 582. The molecule has 6 heteroatoms. The first-order valence-electron chi connectivity index (χ1n) is 10.1. The van der Waals surface area contributed by atoms with Gasteiger partial charge in [0, 0.05) is 51.0 Å². The zero-order valence-corrected chi connectivity index (χ0v) is 19.2. The van der Waals surface area contributed by atoms with Gasteiger partial charge in [-0.2, -0.15) is 0 Å². The number of allylic oxidation sites excluding steroid dienone is 1. The minimum absolute atomic E-state index is 0. The van der Waals surface area contributed by atoms with Crippen LogP contribution in [0.3, 0.4) is 0 Å². The Hall–Kier alpha value is -0.940. The van der Waals surface area contributed by atoms with Gasteiger partial charge in [-0.3, -0.25) is 4.90 Å². The van der Waals surface area contributed by atoms with E-state index >= 15 is 0 Å². The lowest BCUT2D eigenvalue weighted by atomic mass is 10.0. The Morgan fingerprint density at radius 3 is 2.32 bits per heavy atom. The molecule has 2 aliphatic heterocycles. The molecule has 0 amide bonds. The molecule has 0 bridgehead atoms. The fourth-order valence-corrected chi connectivity index (χ4v) is 4.21. The minimum atomic E-state index is 0. The Morgan fingerprint density at radius 1 is 1.04 bits per heavy atom. The molecule has 2 heterocycles. The van der Waals surface area contributed by atoms with Crippen LogP contribution < -0.4 is 9.64 Å². The second-order valence-electron chi connectivity index (χ2n) is 7.89. The van der Waals surface area contributed by atoms with Gasteiger partial charge in [-0.1, -0.05) is 11.6 Å². The Kier molecular flexibility index (Phi) is 11.3. The van der Waals surface area contributed by atoms with Crippen molar-refractivity contribution in [3.05, 3.63) is 35.9 Å². The maximum atomic E-state index is 5.27. The summed E-state index contributed by atoms with van der Waals surface area (Å²) < 4.78 is 5.27. The maximum absolute atomic E-state index is 5.27. The van der Waals surface area contributed by atoms with Crippen LogP contribution in [0.5, 0.6) is 5.75 Å². The normalized spacial score (nSPS) is 20.7. The highest BCUT2D eigenvalue weighted by Crippen LogP contribution is 2.23. The summed E-state index contributed by atoms with van der Waals surface area (Å²) in [6, 6.07) is 9.23. The zero-order valence-electron chi connectivity index (χ0n) is 17.6. The van der Waals surface area contributed by atoms with Crippen LogP contribution in [-0.4, -0.2) is 68.8 Å². The number of methoxy groups -OCH3 is 1. The summed E-state index contributed by atoms with van der Waals surface area (Å²) in [4.78, 5) is 7.90. The first-order valence-corrected chi connectivity index (χ1v) is 10.1. The van der Waals surface area contributed by atoms with Crippen molar-refractivity contribution in [2.24, 2.45) is 0 Å². The number of hydrogen-bond donors (Lipinski definition) is 0. The molecule has 1 atom stereocenters. The van der Waals surface area contributed by atoms with Crippen molar-refractivity contribution >= 4 is 30.5 Å². The maximum Gasteiger partial charge on any atom is 0.119 e. The molecule has 2 aliphatic rings. The van der Waals surface area contributed by atoms with Crippen LogP contribution in [0.2, 0.25) is 0 Å². The molecule has 0 saturated carbocycles. The Balaban J connectivity index is 0.00000196. The predicted octanol–water partition coefficient (Wildman–Crippen LogP) is 4.48. The molecule has 4 nitrogen and oxygen atoms in total. The quantitative estimate of drug-likeness (QED) is 0.620. The number of benzene rings is 1. The first kappa shape index (κ1) is 25.1. The number of likely N-dealkylation sites (tertiary alicyclic amines) is 1. The van der Waals surface area contributed by atoms with Crippen molar-refractivity contribution in [2.45, 2.75) is 39.2 Å². The Morgan fingerprint density at radius 2 is 1.71 bits per heavy atom. The lowest BCUT2D eigenvalue weighted by molar-refractivity contribution is 0.0936. The van der Waals surface area contributed by atoms with E-state index in [1.54, 1.807) is 7.11 Å². The molecule has 0 aromatic heterocycles. The van der Waals surface area contributed by atoms with Crippen LogP contribution in [0, 0.1) is 0 Å². The van der Waals surface area contributed by atoms with E-state index in [1.165, 1.54) is 63.2 Å². The SMILES string of the molecule is COc1ccc(N2CCN(C3CCCN(CCC=C(C)C)C3)CC2)cc1.Cl.Cl. The number of ether oxygens (including phenoxy) is 1. The summed E-state index contributed by atoms with van der Waals surface area (Å²) in [5.41, 5.74) is 2.76. The van der Waals surface area contributed by atoms with Crippen LogP contribution in [0.4, 0.5) is 5.69 Å². The molecule has 0 spiro atoms. The zero-order chi connectivity index (χ0) is 18.4. The third-order valence-corrected chi connectivity index (χ3v) is 5.75. The first-order chi connectivity index (χ1) is 12.7. The molecule has 1 aromatic rings. The average molecular weight is 430 g/mol. The number of anilines is 1. The fraction of sp³-hybridized carbons (Fsp3) is 0.636. The minimum Gasteiger partial charge on any atom is -0.497 e. The highest BCUT2D eigenvalue weighted by atomic mass is 35.5. The molecule has 0 radical (unpaired) electrons. The summed E-state index contributed by atoms with van der Waals surface area (Å²) in [6.07, 6.45) is 6.28. The van der Waals surface area contributed by atoms with Crippen LogP contribution in [0.15, 0.2) is 35.9 Å². The molecule has 3 rings (SSSR count). The van der Waals surface area contributed by atoms with E-state index in [-0.39, 0.29) is 24.8 Å². The van der Waals surface area contributed by atoms with E-state index in [9.17, 15) is 0 Å². The summed E-state index contributed by atoms with van der Waals surface area (Å²) in [5, 5.41) is 0. The van der Waals surface area contributed by atoms with E-state index in [4.69, 9.17) is 4.74 Å². The molecular formula is C22H37Cl2N3O. The van der Waals surface area contributed by atoms with Gasteiger partial charge in [0.1, 0.15) is 5.75 Å². The van der Waals surface area contributed by atoms with Gasteiger partial charge in [0.25, 0.3) is 0 Å². The van der Waals surface area contributed by atoms with Crippen LogP contribution in [-0.2, 0) is 0 Å². The number of nitrogens with zero attached hydrogens (tertiary/aromatic N) is 3. The summed E-state index contributed by atoms with van der Waals surface area (Å²) >= 11 is 0. The van der Waals surface area contributed by atoms with Gasteiger partial charge in [-0.25, -0.2) is 0 Å². The van der Waals surface area contributed by atoms with Crippen LogP contribution >= 0.6 is 24.8 Å². The third-order valence-electron chi connectivity index (χ3n) is 5.75. The van der Waals surface area contributed by atoms with Gasteiger partial charge in [-0.15, -0.1) is 24.8 Å². The highest BCUT2D eigenvalue weighted by molar-refractivity contribution is 5.85. The summed E-state index contributed by atoms with van der Waals surface area (Å²) in [7, 11) is 1.72. The topological polar surface area (TPSA) is 19.0 Å². The van der Waals surface area contributed by atoms with Gasteiger partial charge < -0.3 is 14.5 Å². The largest absolute Gasteiger partial charge is 0.497 e. The van der Waals surface area contributed by atoms with E-state index in [2.05, 4.69) is 58.9 Å². The van der Waals surface area contributed by atoms with Crippen molar-refractivity contribution in [3.8, 4) is 5.75 Å². The van der Waals surface area contributed by atoms with Gasteiger partial charge in [0.15, 0.2) is 0 Å².